The number of nitrogens with zero attached hydrogens (tertiary/aromatic N) is 1. The van der Waals surface area contributed by atoms with Crippen molar-refractivity contribution in [1.82, 2.24) is 0 Å². The molecule has 2 bridgehead atoms. The molecule has 1 amide bonds. The number of amides is 1. The number of hydrogen-bond donors (Lipinski definition) is 2. The van der Waals surface area contributed by atoms with Crippen molar-refractivity contribution in [3.8, 4) is 6.07 Å². The second kappa shape index (κ2) is 8.22. The Balaban J connectivity index is 1.48. The Hall–Kier alpha value is -2.07. The van der Waals surface area contributed by atoms with Gasteiger partial charge in [-0.15, -0.1) is 11.8 Å². The number of anilines is 1. The summed E-state index contributed by atoms with van der Waals surface area (Å²) in [6.45, 7) is 1.96. The summed E-state index contributed by atoms with van der Waals surface area (Å²) in [5, 5.41) is 23.3. The Labute approximate surface area is 184 Å². The van der Waals surface area contributed by atoms with E-state index >= 15 is 0 Å². The van der Waals surface area contributed by atoms with Gasteiger partial charge < -0.3 is 10.4 Å². The number of fused-ring (bicyclic) bond motifs is 2. The molecule has 0 aromatic heterocycles. The maximum absolute atomic E-state index is 13.5. The molecular formula is C23H22ClFN2O2S. The van der Waals surface area contributed by atoms with Crippen molar-refractivity contribution >= 4 is 35.0 Å². The van der Waals surface area contributed by atoms with Crippen LogP contribution in [0.4, 0.5) is 10.1 Å². The number of carbonyl (C=O) groups is 1. The number of nitriles is 1. The van der Waals surface area contributed by atoms with Gasteiger partial charge in [0.15, 0.2) is 0 Å². The maximum atomic E-state index is 13.5. The Bertz CT molecular complexity index is 1020. The van der Waals surface area contributed by atoms with Crippen LogP contribution in [0.25, 0.3) is 0 Å². The van der Waals surface area contributed by atoms with Crippen LogP contribution in [0.3, 0.4) is 0 Å². The van der Waals surface area contributed by atoms with Crippen molar-refractivity contribution in [1.29, 1.82) is 5.26 Å². The van der Waals surface area contributed by atoms with E-state index in [2.05, 4.69) is 5.32 Å². The summed E-state index contributed by atoms with van der Waals surface area (Å²) in [7, 11) is 0. The first kappa shape index (κ1) is 21.2. The molecule has 7 heteroatoms. The largest absolute Gasteiger partial charge is 0.390 e. The molecule has 2 aliphatic rings. The number of aliphatic hydroxyl groups is 1. The molecule has 2 aliphatic carbocycles. The van der Waals surface area contributed by atoms with Gasteiger partial charge in [-0.3, -0.25) is 4.79 Å². The zero-order valence-electron chi connectivity index (χ0n) is 16.5. The van der Waals surface area contributed by atoms with E-state index < -0.39 is 11.4 Å². The topological polar surface area (TPSA) is 73.1 Å². The molecule has 156 valence electrons. The number of rotatable bonds is 4. The van der Waals surface area contributed by atoms with Crippen LogP contribution in [0.2, 0.25) is 5.02 Å². The van der Waals surface area contributed by atoms with Crippen molar-refractivity contribution in [2.24, 2.45) is 11.8 Å². The Morgan fingerprint density at radius 2 is 1.97 bits per heavy atom. The van der Waals surface area contributed by atoms with Gasteiger partial charge in [-0.1, -0.05) is 11.6 Å². The van der Waals surface area contributed by atoms with Crippen molar-refractivity contribution in [2.75, 3.05) is 5.32 Å². The predicted octanol–water partition coefficient (Wildman–Crippen LogP) is 5.63. The first-order valence-corrected chi connectivity index (χ1v) is 11.2. The minimum absolute atomic E-state index is 0.122. The number of nitrogens with one attached hydrogen (secondary N) is 1. The van der Waals surface area contributed by atoms with E-state index in [4.69, 9.17) is 16.9 Å². The second-order valence-electron chi connectivity index (χ2n) is 8.31. The third-order valence-corrected chi connectivity index (χ3v) is 8.19. The molecule has 2 saturated carbocycles. The smallest absolute Gasteiger partial charge is 0.255 e. The van der Waals surface area contributed by atoms with Crippen LogP contribution in [0.5, 0.6) is 0 Å². The molecule has 4 rings (SSSR count). The lowest BCUT2D eigenvalue weighted by molar-refractivity contribution is -0.0407. The van der Waals surface area contributed by atoms with E-state index in [9.17, 15) is 14.3 Å². The summed E-state index contributed by atoms with van der Waals surface area (Å²) in [6, 6.07) is 10.8. The highest BCUT2D eigenvalue weighted by molar-refractivity contribution is 8.00. The normalized spacial score (nSPS) is 27.5. The fraction of sp³-hybridized carbons (Fsp3) is 0.391. The summed E-state index contributed by atoms with van der Waals surface area (Å²) in [4.78, 5) is 13.5. The fourth-order valence-electron chi connectivity index (χ4n) is 4.67. The lowest BCUT2D eigenvalue weighted by Gasteiger charge is -2.40. The van der Waals surface area contributed by atoms with E-state index in [0.717, 1.165) is 36.6 Å². The number of halogens is 2. The average Bonchev–Trinajstić information content (AvgIpc) is 2.87. The lowest BCUT2D eigenvalue weighted by atomic mass is 9.76. The summed E-state index contributed by atoms with van der Waals surface area (Å²) in [5.74, 6) is -0.351. The van der Waals surface area contributed by atoms with Gasteiger partial charge in [-0.05, 0) is 80.8 Å². The Morgan fingerprint density at radius 3 is 2.63 bits per heavy atom. The van der Waals surface area contributed by atoms with Gasteiger partial charge >= 0.3 is 0 Å². The highest BCUT2D eigenvalue weighted by atomic mass is 35.5. The Morgan fingerprint density at radius 1 is 1.27 bits per heavy atom. The quantitative estimate of drug-likeness (QED) is 0.640. The van der Waals surface area contributed by atoms with Crippen molar-refractivity contribution in [3.05, 3.63) is 58.4 Å². The van der Waals surface area contributed by atoms with Crippen LogP contribution in [0, 0.1) is 29.0 Å². The molecule has 0 radical (unpaired) electrons. The lowest BCUT2D eigenvalue weighted by Crippen LogP contribution is -2.42. The molecule has 0 aliphatic heterocycles. The zero-order valence-corrected chi connectivity index (χ0v) is 18.1. The van der Waals surface area contributed by atoms with E-state index in [1.807, 2.05) is 6.92 Å². The molecule has 2 fully saturated rings. The fourth-order valence-corrected chi connectivity index (χ4v) is 6.31. The van der Waals surface area contributed by atoms with Gasteiger partial charge in [-0.25, -0.2) is 4.39 Å². The van der Waals surface area contributed by atoms with Gasteiger partial charge in [-0.2, -0.15) is 5.26 Å². The average molecular weight is 445 g/mol. The minimum atomic E-state index is -0.624. The maximum Gasteiger partial charge on any atom is 0.255 e. The molecule has 4 atom stereocenters. The molecule has 2 aromatic carbocycles. The van der Waals surface area contributed by atoms with Gasteiger partial charge in [0, 0.05) is 21.4 Å². The van der Waals surface area contributed by atoms with E-state index in [1.54, 1.807) is 36.0 Å². The van der Waals surface area contributed by atoms with E-state index in [1.165, 1.54) is 12.1 Å². The molecule has 2 aromatic rings. The van der Waals surface area contributed by atoms with Crippen LogP contribution in [-0.2, 0) is 0 Å². The number of thioether (sulfide) groups is 1. The summed E-state index contributed by atoms with van der Waals surface area (Å²) in [6.07, 6.45) is 4.00. The Kier molecular flexibility index (Phi) is 5.80. The third-order valence-electron chi connectivity index (χ3n) is 6.44. The molecule has 3 unspecified atom stereocenters. The number of carbonyl (C=O) groups excluding carboxylic acids is 1. The van der Waals surface area contributed by atoms with Crippen LogP contribution >= 0.6 is 23.4 Å². The van der Waals surface area contributed by atoms with E-state index in [0.29, 0.717) is 33.4 Å². The highest BCUT2D eigenvalue weighted by Crippen LogP contribution is 2.53. The molecule has 0 saturated heterocycles. The van der Waals surface area contributed by atoms with Gasteiger partial charge in [0.2, 0.25) is 0 Å². The molecule has 0 heterocycles. The first-order chi connectivity index (χ1) is 14.3. The first-order valence-electron chi connectivity index (χ1n) is 9.97. The number of benzene rings is 2. The standard InChI is InChI=1S/C23H22ClFN2O2S/c1-23(29)15-3-4-16(23)11-18(10-15)30-21-9-13(2-6-19(21)24)22(28)27-17-5-7-20(25)14(8-17)12-26/h2,5-9,15-16,18,29H,3-4,10-11H2,1H3,(H,27,28)/t15-,16?,18?,23?/m1/s1. The minimum Gasteiger partial charge on any atom is -0.390 e. The van der Waals surface area contributed by atoms with Crippen molar-refractivity contribution in [2.45, 2.75) is 48.4 Å². The summed E-state index contributed by atoms with van der Waals surface area (Å²) < 4.78 is 13.5. The van der Waals surface area contributed by atoms with Gasteiger partial charge in [0.1, 0.15) is 11.9 Å². The zero-order chi connectivity index (χ0) is 21.5. The van der Waals surface area contributed by atoms with Crippen LogP contribution < -0.4 is 5.32 Å². The molecule has 4 nitrogen and oxygen atoms in total. The van der Waals surface area contributed by atoms with Gasteiger partial charge in [0.25, 0.3) is 5.91 Å². The monoisotopic (exact) mass is 444 g/mol. The summed E-state index contributed by atoms with van der Waals surface area (Å²) in [5.41, 5.74) is 0.103. The number of hydrogen-bond acceptors (Lipinski definition) is 4. The molecule has 2 N–H and O–H groups in total. The van der Waals surface area contributed by atoms with E-state index in [-0.39, 0.29) is 11.5 Å². The molecular weight excluding hydrogens is 423 g/mol. The summed E-state index contributed by atoms with van der Waals surface area (Å²) >= 11 is 8.07. The SMILES string of the molecule is CC1(O)C2CC[C@@H]1CC(Sc1cc(C(=O)Nc3ccc(F)c(C#N)c3)ccc1Cl)C2. The van der Waals surface area contributed by atoms with Crippen LogP contribution in [0.15, 0.2) is 41.3 Å². The van der Waals surface area contributed by atoms with Crippen LogP contribution in [-0.4, -0.2) is 21.9 Å². The highest BCUT2D eigenvalue weighted by Gasteiger charge is 2.50. The van der Waals surface area contributed by atoms with Crippen molar-refractivity contribution in [3.63, 3.8) is 0 Å². The van der Waals surface area contributed by atoms with Gasteiger partial charge in [0.05, 0.1) is 16.2 Å². The second-order valence-corrected chi connectivity index (χ2v) is 10.1. The molecule has 30 heavy (non-hydrogen) atoms. The van der Waals surface area contributed by atoms with Crippen LogP contribution in [0.1, 0.15) is 48.5 Å². The van der Waals surface area contributed by atoms with Crippen molar-refractivity contribution < 1.29 is 14.3 Å². The third kappa shape index (κ3) is 4.07. The predicted molar refractivity (Wildman–Crippen MR) is 116 cm³/mol. The molecule has 0 spiro atoms.